The smallest absolute Gasteiger partial charge is 0.416 e. The summed E-state index contributed by atoms with van der Waals surface area (Å²) in [5.74, 6) is 1.46. The molecule has 0 atom stereocenters. The van der Waals surface area contributed by atoms with Crippen LogP contribution in [0.25, 0.3) is 0 Å². The molecule has 3 heterocycles. The molecule has 8 nitrogen and oxygen atoms in total. The molecule has 0 saturated carbocycles. The van der Waals surface area contributed by atoms with Crippen molar-refractivity contribution in [3.05, 3.63) is 65.0 Å². The Labute approximate surface area is 213 Å². The molecule has 0 saturated heterocycles. The van der Waals surface area contributed by atoms with E-state index in [-0.39, 0.29) is 12.6 Å². The normalized spacial score (nSPS) is 13.3. The van der Waals surface area contributed by atoms with Gasteiger partial charge in [-0.05, 0) is 49.9 Å². The lowest BCUT2D eigenvalue weighted by molar-refractivity contribution is -0.137. The number of fused-ring (bicyclic) bond motifs is 1. The molecule has 0 fully saturated rings. The summed E-state index contributed by atoms with van der Waals surface area (Å²) in [6.07, 6.45) is -0.353. The van der Waals surface area contributed by atoms with Crippen LogP contribution in [0.3, 0.4) is 0 Å². The van der Waals surface area contributed by atoms with Crippen molar-refractivity contribution in [3.63, 3.8) is 0 Å². The molecule has 11 heteroatoms. The number of anilines is 3. The van der Waals surface area contributed by atoms with Gasteiger partial charge in [0.15, 0.2) is 5.82 Å². The van der Waals surface area contributed by atoms with E-state index in [9.17, 15) is 18.0 Å². The Morgan fingerprint density at radius 1 is 1.19 bits per heavy atom. The molecule has 37 heavy (non-hydrogen) atoms. The lowest BCUT2D eigenvalue weighted by atomic mass is 10.1. The third-order valence-corrected chi connectivity index (χ3v) is 6.16. The maximum Gasteiger partial charge on any atom is 0.416 e. The summed E-state index contributed by atoms with van der Waals surface area (Å²) in [6, 6.07) is 8.68. The van der Waals surface area contributed by atoms with Crippen molar-refractivity contribution in [1.29, 1.82) is 0 Å². The van der Waals surface area contributed by atoms with E-state index in [1.165, 1.54) is 6.07 Å². The highest BCUT2D eigenvalue weighted by Gasteiger charge is 2.30. The van der Waals surface area contributed by atoms with Crippen LogP contribution in [0.15, 0.2) is 42.6 Å². The van der Waals surface area contributed by atoms with E-state index in [0.29, 0.717) is 36.3 Å². The molecule has 0 spiro atoms. The van der Waals surface area contributed by atoms with E-state index >= 15 is 0 Å². The van der Waals surface area contributed by atoms with Gasteiger partial charge in [-0.1, -0.05) is 18.2 Å². The number of pyridine rings is 1. The number of rotatable bonds is 9. The largest absolute Gasteiger partial charge is 0.473 e. The van der Waals surface area contributed by atoms with Gasteiger partial charge in [-0.15, -0.1) is 0 Å². The van der Waals surface area contributed by atoms with E-state index in [4.69, 9.17) is 9.72 Å². The molecule has 0 bridgehead atoms. The molecular weight excluding hydrogens is 485 g/mol. The van der Waals surface area contributed by atoms with Gasteiger partial charge in [0.05, 0.1) is 11.3 Å². The first kappa shape index (κ1) is 26.2. The van der Waals surface area contributed by atoms with Crippen LogP contribution in [0.4, 0.5) is 30.6 Å². The number of carbonyl (C=O) groups is 1. The first-order valence-corrected chi connectivity index (χ1v) is 12.0. The Morgan fingerprint density at radius 3 is 2.68 bits per heavy atom. The van der Waals surface area contributed by atoms with Gasteiger partial charge in [0.2, 0.25) is 18.2 Å². The van der Waals surface area contributed by atoms with Crippen molar-refractivity contribution in [2.75, 3.05) is 28.7 Å². The fourth-order valence-corrected chi connectivity index (χ4v) is 3.94. The molecular formula is C26H29F3N6O2. The summed E-state index contributed by atoms with van der Waals surface area (Å²) in [5, 5.41) is 3.23. The minimum Gasteiger partial charge on any atom is -0.473 e. The maximum absolute atomic E-state index is 12.9. The molecule has 0 unspecified atom stereocenters. The molecule has 196 valence electrons. The average molecular weight is 515 g/mol. The third-order valence-electron chi connectivity index (χ3n) is 6.16. The zero-order chi connectivity index (χ0) is 26.6. The van der Waals surface area contributed by atoms with Crippen LogP contribution < -0.4 is 19.9 Å². The predicted molar refractivity (Wildman–Crippen MR) is 135 cm³/mol. The number of benzene rings is 1. The van der Waals surface area contributed by atoms with Gasteiger partial charge in [0.25, 0.3) is 0 Å². The molecule has 4 rings (SSSR count). The number of hydrogen-bond acceptors (Lipinski definition) is 7. The van der Waals surface area contributed by atoms with Crippen LogP contribution in [0.5, 0.6) is 5.88 Å². The molecule has 3 aromatic rings. The lowest BCUT2D eigenvalue weighted by Gasteiger charge is -2.32. The van der Waals surface area contributed by atoms with Gasteiger partial charge in [0.1, 0.15) is 12.3 Å². The minimum atomic E-state index is -4.40. The van der Waals surface area contributed by atoms with Crippen LogP contribution in [0.1, 0.15) is 42.7 Å². The van der Waals surface area contributed by atoms with E-state index < -0.39 is 11.7 Å². The molecule has 2 aromatic heterocycles. The van der Waals surface area contributed by atoms with Crippen molar-refractivity contribution in [2.24, 2.45) is 0 Å². The van der Waals surface area contributed by atoms with Gasteiger partial charge >= 0.3 is 6.18 Å². The maximum atomic E-state index is 12.9. The first-order chi connectivity index (χ1) is 17.7. The van der Waals surface area contributed by atoms with Gasteiger partial charge in [0, 0.05) is 38.4 Å². The summed E-state index contributed by atoms with van der Waals surface area (Å²) < 4.78 is 44.3. The quantitative estimate of drug-likeness (QED) is 0.410. The fourth-order valence-electron chi connectivity index (χ4n) is 3.94. The molecule has 0 radical (unpaired) electrons. The minimum absolute atomic E-state index is 0.0264. The fraction of sp³-hybridized carbons (Fsp3) is 0.385. The SMILES string of the molecule is CC(C)N(C)c1nc(NCc2ccc(OCc3cccc(C(F)(F)F)c3)nc2)nc2c1N(C=O)CCC2. The topological polar surface area (TPSA) is 83.5 Å². The van der Waals surface area contributed by atoms with E-state index in [2.05, 4.69) is 29.1 Å². The van der Waals surface area contributed by atoms with Crippen LogP contribution in [-0.4, -0.2) is 41.0 Å². The number of carbonyl (C=O) groups excluding carboxylic acids is 1. The van der Waals surface area contributed by atoms with Crippen molar-refractivity contribution in [2.45, 2.75) is 52.1 Å². The Hall–Kier alpha value is -3.89. The number of nitrogens with zero attached hydrogens (tertiary/aromatic N) is 5. The Morgan fingerprint density at radius 2 is 2.00 bits per heavy atom. The number of aryl methyl sites for hydroxylation is 1. The average Bonchev–Trinajstić information content (AvgIpc) is 2.89. The molecule has 0 aliphatic carbocycles. The van der Waals surface area contributed by atoms with E-state index in [0.717, 1.165) is 48.3 Å². The second-order valence-corrected chi connectivity index (χ2v) is 9.12. The number of halogens is 3. The summed E-state index contributed by atoms with van der Waals surface area (Å²) in [4.78, 5) is 29.0. The van der Waals surface area contributed by atoms with Crippen LogP contribution in [0, 0.1) is 0 Å². The van der Waals surface area contributed by atoms with Crippen LogP contribution >= 0.6 is 0 Å². The highest BCUT2D eigenvalue weighted by atomic mass is 19.4. The first-order valence-electron chi connectivity index (χ1n) is 12.0. The molecule has 1 aliphatic rings. The van der Waals surface area contributed by atoms with Crippen molar-refractivity contribution < 1.29 is 22.7 Å². The zero-order valence-electron chi connectivity index (χ0n) is 20.9. The monoisotopic (exact) mass is 514 g/mol. The molecule has 1 aliphatic heterocycles. The number of hydrogen-bond donors (Lipinski definition) is 1. The zero-order valence-corrected chi connectivity index (χ0v) is 20.9. The van der Waals surface area contributed by atoms with Gasteiger partial charge in [-0.25, -0.2) is 9.97 Å². The van der Waals surface area contributed by atoms with E-state index in [1.807, 2.05) is 18.0 Å². The van der Waals surface area contributed by atoms with Gasteiger partial charge < -0.3 is 19.9 Å². The summed E-state index contributed by atoms with van der Waals surface area (Å²) in [7, 11) is 1.94. The standard InChI is InChI=1S/C26H29F3N6O2/c1-17(2)34(3)24-23-21(8-5-11-35(23)16-36)32-25(33-24)31-14-19-9-10-22(30-13-19)37-15-18-6-4-7-20(12-18)26(27,28)29/h4,6-7,9-10,12-13,16-17H,5,8,11,14-15H2,1-3H3,(H,31,32,33). The Kier molecular flexibility index (Phi) is 7.80. The molecule has 1 aromatic carbocycles. The van der Waals surface area contributed by atoms with Gasteiger partial charge in [-0.2, -0.15) is 18.2 Å². The van der Waals surface area contributed by atoms with Crippen molar-refractivity contribution >= 4 is 23.9 Å². The highest BCUT2D eigenvalue weighted by molar-refractivity contribution is 5.85. The summed E-state index contributed by atoms with van der Waals surface area (Å²) >= 11 is 0. The number of nitrogens with one attached hydrogen (secondary N) is 1. The van der Waals surface area contributed by atoms with Crippen LogP contribution in [0.2, 0.25) is 0 Å². The predicted octanol–water partition coefficient (Wildman–Crippen LogP) is 4.84. The van der Waals surface area contributed by atoms with Crippen LogP contribution in [-0.2, 0) is 30.5 Å². The highest BCUT2D eigenvalue weighted by Crippen LogP contribution is 2.35. The molecule has 1 N–H and O–H groups in total. The second kappa shape index (κ2) is 11.0. The number of alkyl halides is 3. The summed E-state index contributed by atoms with van der Waals surface area (Å²) in [5.41, 5.74) is 2.12. The number of aromatic nitrogens is 3. The van der Waals surface area contributed by atoms with Crippen molar-refractivity contribution in [1.82, 2.24) is 15.0 Å². The number of amides is 1. The Balaban J connectivity index is 1.42. The number of ether oxygens (including phenoxy) is 1. The lowest BCUT2D eigenvalue weighted by Crippen LogP contribution is -2.34. The third kappa shape index (κ3) is 6.28. The Bertz CT molecular complexity index is 1230. The van der Waals surface area contributed by atoms with Gasteiger partial charge in [-0.3, -0.25) is 4.79 Å². The summed E-state index contributed by atoms with van der Waals surface area (Å²) in [6.45, 7) is 5.12. The van der Waals surface area contributed by atoms with Crippen molar-refractivity contribution in [3.8, 4) is 5.88 Å². The van der Waals surface area contributed by atoms with E-state index in [1.54, 1.807) is 23.2 Å². The second-order valence-electron chi connectivity index (χ2n) is 9.12. The molecule has 1 amide bonds.